The number of ether oxygens (including phenoxy) is 1. The second-order valence-electron chi connectivity index (χ2n) is 5.00. The van der Waals surface area contributed by atoms with Crippen molar-refractivity contribution < 1.29 is 4.74 Å². The number of hydrogen-bond acceptors (Lipinski definition) is 7. The van der Waals surface area contributed by atoms with E-state index < -0.39 is 0 Å². The SMILES string of the molecule is C/C(=C\N)c1cnc(Nc2cc(N3CCOCC3)ccn2)s1. The van der Waals surface area contributed by atoms with Crippen LogP contribution in [0.3, 0.4) is 0 Å². The van der Waals surface area contributed by atoms with Gasteiger partial charge in [-0.2, -0.15) is 0 Å². The first-order valence-corrected chi connectivity index (χ1v) is 7.98. The molecule has 6 nitrogen and oxygen atoms in total. The largest absolute Gasteiger partial charge is 0.404 e. The molecule has 0 atom stereocenters. The lowest BCUT2D eigenvalue weighted by Crippen LogP contribution is -2.36. The summed E-state index contributed by atoms with van der Waals surface area (Å²) in [6.07, 6.45) is 5.22. The van der Waals surface area contributed by atoms with Gasteiger partial charge in [0.05, 0.1) is 18.1 Å². The minimum absolute atomic E-state index is 0.769. The third-order valence-corrected chi connectivity index (χ3v) is 4.55. The Kier molecular flexibility index (Phi) is 4.55. The van der Waals surface area contributed by atoms with Gasteiger partial charge in [0, 0.05) is 37.2 Å². The van der Waals surface area contributed by atoms with Crippen LogP contribution in [0.15, 0.2) is 30.7 Å². The summed E-state index contributed by atoms with van der Waals surface area (Å²) < 4.78 is 5.39. The van der Waals surface area contributed by atoms with Gasteiger partial charge in [-0.1, -0.05) is 11.3 Å². The number of anilines is 3. The fourth-order valence-electron chi connectivity index (χ4n) is 2.21. The van der Waals surface area contributed by atoms with Crippen LogP contribution in [-0.2, 0) is 4.74 Å². The summed E-state index contributed by atoms with van der Waals surface area (Å²) >= 11 is 1.56. The van der Waals surface area contributed by atoms with Crippen molar-refractivity contribution in [3.63, 3.8) is 0 Å². The maximum absolute atomic E-state index is 5.54. The molecule has 7 heteroatoms. The van der Waals surface area contributed by atoms with Crippen molar-refractivity contribution in [1.29, 1.82) is 0 Å². The topological polar surface area (TPSA) is 76.3 Å². The van der Waals surface area contributed by atoms with Crippen LogP contribution in [0.5, 0.6) is 0 Å². The van der Waals surface area contributed by atoms with Crippen molar-refractivity contribution in [2.75, 3.05) is 36.5 Å². The Morgan fingerprint density at radius 3 is 3.00 bits per heavy atom. The van der Waals surface area contributed by atoms with E-state index in [1.54, 1.807) is 17.5 Å². The summed E-state index contributed by atoms with van der Waals surface area (Å²) in [4.78, 5) is 12.1. The molecule has 2 aromatic heterocycles. The van der Waals surface area contributed by atoms with Gasteiger partial charge in [-0.25, -0.2) is 9.97 Å². The van der Waals surface area contributed by atoms with E-state index in [2.05, 4.69) is 20.2 Å². The van der Waals surface area contributed by atoms with E-state index in [1.165, 1.54) is 0 Å². The lowest BCUT2D eigenvalue weighted by atomic mass is 10.3. The molecule has 1 saturated heterocycles. The number of morpholine rings is 1. The Hall–Kier alpha value is -2.12. The Balaban J connectivity index is 1.73. The predicted molar refractivity (Wildman–Crippen MR) is 90.5 cm³/mol. The first kappa shape index (κ1) is 14.8. The molecule has 0 bridgehead atoms. The molecule has 1 aliphatic rings. The van der Waals surface area contributed by atoms with Crippen LogP contribution in [0.1, 0.15) is 11.8 Å². The van der Waals surface area contributed by atoms with Crippen molar-refractivity contribution in [1.82, 2.24) is 9.97 Å². The second-order valence-corrected chi connectivity index (χ2v) is 6.03. The molecule has 1 fully saturated rings. The average molecular weight is 317 g/mol. The Morgan fingerprint density at radius 1 is 1.41 bits per heavy atom. The molecule has 3 N–H and O–H groups in total. The summed E-state index contributed by atoms with van der Waals surface area (Å²) in [5.74, 6) is 0.791. The number of nitrogens with zero attached hydrogens (tertiary/aromatic N) is 3. The summed E-state index contributed by atoms with van der Waals surface area (Å²) in [5, 5.41) is 4.06. The molecular formula is C15H19N5OS. The van der Waals surface area contributed by atoms with E-state index in [-0.39, 0.29) is 0 Å². The van der Waals surface area contributed by atoms with Crippen LogP contribution in [0, 0.1) is 0 Å². The number of pyridine rings is 1. The van der Waals surface area contributed by atoms with E-state index >= 15 is 0 Å². The molecule has 0 saturated carbocycles. The van der Waals surface area contributed by atoms with Crippen LogP contribution in [0.2, 0.25) is 0 Å². The zero-order valence-corrected chi connectivity index (χ0v) is 13.3. The van der Waals surface area contributed by atoms with Gasteiger partial charge in [-0.3, -0.25) is 0 Å². The van der Waals surface area contributed by atoms with Crippen LogP contribution < -0.4 is 16.0 Å². The van der Waals surface area contributed by atoms with Gasteiger partial charge < -0.3 is 20.7 Å². The predicted octanol–water partition coefficient (Wildman–Crippen LogP) is 2.44. The molecule has 0 spiro atoms. The van der Waals surface area contributed by atoms with E-state index in [1.807, 2.05) is 31.5 Å². The highest BCUT2D eigenvalue weighted by molar-refractivity contribution is 7.16. The highest BCUT2D eigenvalue weighted by Crippen LogP contribution is 2.27. The van der Waals surface area contributed by atoms with Gasteiger partial charge in [0.1, 0.15) is 5.82 Å². The number of nitrogens with two attached hydrogens (primary N) is 1. The lowest BCUT2D eigenvalue weighted by Gasteiger charge is -2.28. The summed E-state index contributed by atoms with van der Waals surface area (Å²) in [7, 11) is 0. The summed E-state index contributed by atoms with van der Waals surface area (Å²) in [6, 6.07) is 4.06. The minimum atomic E-state index is 0.769. The average Bonchev–Trinajstić information content (AvgIpc) is 3.04. The highest BCUT2D eigenvalue weighted by atomic mass is 32.1. The van der Waals surface area contributed by atoms with Gasteiger partial charge in [-0.15, -0.1) is 0 Å². The van der Waals surface area contributed by atoms with Gasteiger partial charge in [-0.05, 0) is 24.8 Å². The minimum Gasteiger partial charge on any atom is -0.404 e. The first-order valence-electron chi connectivity index (χ1n) is 7.17. The smallest absolute Gasteiger partial charge is 0.188 e. The number of thiazole rings is 1. The third kappa shape index (κ3) is 3.37. The van der Waals surface area contributed by atoms with Crippen molar-refractivity contribution in [3.05, 3.63) is 35.6 Å². The third-order valence-electron chi connectivity index (χ3n) is 3.50. The molecule has 0 unspecified atom stereocenters. The fourth-order valence-corrected chi connectivity index (χ4v) is 3.02. The van der Waals surface area contributed by atoms with Crippen molar-refractivity contribution in [2.24, 2.45) is 5.73 Å². The molecule has 22 heavy (non-hydrogen) atoms. The standard InChI is InChI=1S/C15H19N5OS/c1-11(9-16)13-10-18-15(22-13)19-14-8-12(2-3-17-14)20-4-6-21-7-5-20/h2-3,8-10H,4-7,16H2,1H3,(H,17,18,19)/b11-9+. The van der Waals surface area contributed by atoms with Gasteiger partial charge in [0.15, 0.2) is 5.13 Å². The van der Waals surface area contributed by atoms with Gasteiger partial charge in [0.2, 0.25) is 0 Å². The quantitative estimate of drug-likeness (QED) is 0.902. The summed E-state index contributed by atoms with van der Waals surface area (Å²) in [6.45, 7) is 5.32. The molecule has 0 aliphatic carbocycles. The number of rotatable bonds is 4. The Labute approximate surface area is 133 Å². The normalized spacial score (nSPS) is 15.9. The molecule has 1 aliphatic heterocycles. The lowest BCUT2D eigenvalue weighted by molar-refractivity contribution is 0.122. The molecule has 0 amide bonds. The van der Waals surface area contributed by atoms with Crippen LogP contribution in [0.4, 0.5) is 16.6 Å². The molecule has 3 rings (SSSR count). The number of aromatic nitrogens is 2. The zero-order chi connectivity index (χ0) is 15.4. The van der Waals surface area contributed by atoms with E-state index in [0.717, 1.165) is 53.4 Å². The summed E-state index contributed by atoms with van der Waals surface area (Å²) in [5.41, 5.74) is 7.70. The molecule has 0 aromatic carbocycles. The first-order chi connectivity index (χ1) is 10.8. The maximum atomic E-state index is 5.54. The van der Waals surface area contributed by atoms with Crippen molar-refractivity contribution in [2.45, 2.75) is 6.92 Å². The molecule has 2 aromatic rings. The van der Waals surface area contributed by atoms with Crippen molar-refractivity contribution in [3.8, 4) is 0 Å². The van der Waals surface area contributed by atoms with E-state index in [4.69, 9.17) is 10.5 Å². The molecular weight excluding hydrogens is 298 g/mol. The molecule has 0 radical (unpaired) electrons. The molecule has 116 valence electrons. The van der Waals surface area contributed by atoms with Gasteiger partial charge >= 0.3 is 0 Å². The van der Waals surface area contributed by atoms with Crippen LogP contribution in [-0.4, -0.2) is 36.3 Å². The zero-order valence-electron chi connectivity index (χ0n) is 12.5. The van der Waals surface area contributed by atoms with Gasteiger partial charge in [0.25, 0.3) is 0 Å². The van der Waals surface area contributed by atoms with Crippen molar-refractivity contribution >= 4 is 33.5 Å². The van der Waals surface area contributed by atoms with Crippen LogP contribution in [0.25, 0.3) is 5.57 Å². The Morgan fingerprint density at radius 2 is 2.23 bits per heavy atom. The number of hydrogen-bond donors (Lipinski definition) is 2. The van der Waals surface area contributed by atoms with E-state index in [9.17, 15) is 0 Å². The number of nitrogens with one attached hydrogen (secondary N) is 1. The molecule has 3 heterocycles. The Bertz CT molecular complexity index is 663. The second kappa shape index (κ2) is 6.76. The van der Waals surface area contributed by atoms with E-state index in [0.29, 0.717) is 0 Å². The van der Waals surface area contributed by atoms with Crippen LogP contribution >= 0.6 is 11.3 Å². The number of allylic oxidation sites excluding steroid dienone is 1. The highest BCUT2D eigenvalue weighted by Gasteiger charge is 2.12. The monoisotopic (exact) mass is 317 g/mol. The fraction of sp³-hybridized carbons (Fsp3) is 0.333. The maximum Gasteiger partial charge on any atom is 0.188 e.